The third-order valence-electron chi connectivity index (χ3n) is 2.68. The van der Waals surface area contributed by atoms with Crippen molar-refractivity contribution in [1.29, 1.82) is 0 Å². The Kier molecular flexibility index (Phi) is 5.26. The molecule has 0 aliphatic heterocycles. The van der Waals surface area contributed by atoms with Crippen molar-refractivity contribution in [3.63, 3.8) is 0 Å². The Labute approximate surface area is 118 Å². The molecule has 0 spiro atoms. The molecular weight excluding hydrogens is 282 g/mol. The van der Waals surface area contributed by atoms with Crippen molar-refractivity contribution in [3.05, 3.63) is 29.8 Å². The van der Waals surface area contributed by atoms with Crippen molar-refractivity contribution < 1.29 is 22.7 Å². The third kappa shape index (κ3) is 4.06. The number of esters is 1. The molecule has 0 aromatic heterocycles. The van der Waals surface area contributed by atoms with E-state index < -0.39 is 33.5 Å². The minimum Gasteiger partial charge on any atom is -0.467 e. The minimum absolute atomic E-state index is 0.138. The van der Waals surface area contributed by atoms with Crippen LogP contribution >= 0.6 is 0 Å². The Balaban J connectivity index is 3.06. The molecule has 6 nitrogen and oxygen atoms in total. The second kappa shape index (κ2) is 6.51. The van der Waals surface area contributed by atoms with E-state index >= 15 is 0 Å². The number of amides is 1. The van der Waals surface area contributed by atoms with Gasteiger partial charge in [-0.1, -0.05) is 18.2 Å². The lowest BCUT2D eigenvalue weighted by Crippen LogP contribution is -2.45. The Morgan fingerprint density at radius 1 is 1.30 bits per heavy atom. The molecule has 0 heterocycles. The number of hydrogen-bond acceptors (Lipinski definition) is 5. The largest absolute Gasteiger partial charge is 0.467 e. The number of benzene rings is 1. The summed E-state index contributed by atoms with van der Waals surface area (Å²) >= 11 is 0. The maximum atomic E-state index is 12.3. The summed E-state index contributed by atoms with van der Waals surface area (Å²) < 4.78 is 29.1. The molecule has 0 aliphatic carbocycles. The number of rotatable bonds is 5. The summed E-state index contributed by atoms with van der Waals surface area (Å²) in [5, 5.41) is 2.28. The zero-order chi connectivity index (χ0) is 15.3. The molecule has 7 heteroatoms. The van der Waals surface area contributed by atoms with Gasteiger partial charge in [0.1, 0.15) is 6.04 Å². The van der Waals surface area contributed by atoms with Crippen molar-refractivity contribution in [2.75, 3.05) is 12.9 Å². The monoisotopic (exact) mass is 299 g/mol. The first-order valence-electron chi connectivity index (χ1n) is 5.91. The van der Waals surface area contributed by atoms with E-state index in [-0.39, 0.29) is 4.90 Å². The van der Waals surface area contributed by atoms with Gasteiger partial charge in [-0.25, -0.2) is 13.2 Å². The lowest BCUT2D eigenvalue weighted by Gasteiger charge is -2.16. The van der Waals surface area contributed by atoms with Gasteiger partial charge in [0, 0.05) is 6.92 Å². The SMILES string of the molecule is COC(=O)C(CS(=O)(=O)c1ccccc1C)NC(C)=O. The van der Waals surface area contributed by atoms with Crippen LogP contribution in [0, 0.1) is 6.92 Å². The maximum Gasteiger partial charge on any atom is 0.329 e. The van der Waals surface area contributed by atoms with Gasteiger partial charge in [-0.2, -0.15) is 0 Å². The van der Waals surface area contributed by atoms with Crippen LogP contribution in [0.25, 0.3) is 0 Å². The Bertz CT molecular complexity index is 609. The van der Waals surface area contributed by atoms with Gasteiger partial charge in [-0.15, -0.1) is 0 Å². The molecule has 0 aliphatic rings. The normalized spacial score (nSPS) is 12.6. The highest BCUT2D eigenvalue weighted by Gasteiger charge is 2.28. The molecule has 1 N–H and O–H groups in total. The highest BCUT2D eigenvalue weighted by molar-refractivity contribution is 7.91. The summed E-state index contributed by atoms with van der Waals surface area (Å²) in [6.07, 6.45) is 0. The molecule has 110 valence electrons. The van der Waals surface area contributed by atoms with Crippen LogP contribution in [0.2, 0.25) is 0 Å². The first-order valence-corrected chi connectivity index (χ1v) is 7.56. The molecule has 0 bridgehead atoms. The van der Waals surface area contributed by atoms with Crippen molar-refractivity contribution in [2.24, 2.45) is 0 Å². The maximum absolute atomic E-state index is 12.3. The topological polar surface area (TPSA) is 89.5 Å². The van der Waals surface area contributed by atoms with E-state index in [1.807, 2.05) is 0 Å². The molecule has 1 unspecified atom stereocenters. The Hall–Kier alpha value is -1.89. The molecule has 0 saturated heterocycles. The molecule has 1 atom stereocenters. The van der Waals surface area contributed by atoms with Crippen LogP contribution in [0.5, 0.6) is 0 Å². The summed E-state index contributed by atoms with van der Waals surface area (Å²) in [6, 6.07) is 5.23. The fraction of sp³-hybridized carbons (Fsp3) is 0.385. The van der Waals surface area contributed by atoms with E-state index in [0.717, 1.165) is 7.11 Å². The molecule has 1 rings (SSSR count). The van der Waals surface area contributed by atoms with Gasteiger partial charge in [0.25, 0.3) is 0 Å². The number of carbonyl (C=O) groups excluding carboxylic acids is 2. The van der Waals surface area contributed by atoms with Crippen LogP contribution in [-0.2, 0) is 24.2 Å². The third-order valence-corrected chi connectivity index (χ3v) is 4.58. The Morgan fingerprint density at radius 3 is 2.40 bits per heavy atom. The van der Waals surface area contributed by atoms with Crippen molar-refractivity contribution in [2.45, 2.75) is 24.8 Å². The van der Waals surface area contributed by atoms with Gasteiger partial charge >= 0.3 is 5.97 Å². The van der Waals surface area contributed by atoms with Crippen LogP contribution < -0.4 is 5.32 Å². The zero-order valence-electron chi connectivity index (χ0n) is 11.5. The van der Waals surface area contributed by atoms with E-state index in [9.17, 15) is 18.0 Å². The van der Waals surface area contributed by atoms with Crippen molar-refractivity contribution in [1.82, 2.24) is 5.32 Å². The number of hydrogen-bond donors (Lipinski definition) is 1. The van der Waals surface area contributed by atoms with Gasteiger partial charge in [0.15, 0.2) is 9.84 Å². The molecule has 1 aromatic carbocycles. The van der Waals surface area contributed by atoms with Crippen LogP contribution in [0.1, 0.15) is 12.5 Å². The van der Waals surface area contributed by atoms with E-state index in [1.54, 1.807) is 25.1 Å². The standard InChI is InChI=1S/C13H17NO5S/c1-9-6-4-5-7-12(9)20(17,18)8-11(13(16)19-3)14-10(2)15/h4-7,11H,8H2,1-3H3,(H,14,15). The number of aryl methyl sites for hydroxylation is 1. The smallest absolute Gasteiger partial charge is 0.329 e. The lowest BCUT2D eigenvalue weighted by molar-refractivity contribution is -0.144. The van der Waals surface area contributed by atoms with E-state index in [0.29, 0.717) is 5.56 Å². The minimum atomic E-state index is -3.71. The number of ether oxygens (including phenoxy) is 1. The summed E-state index contributed by atoms with van der Waals surface area (Å²) in [7, 11) is -2.57. The Morgan fingerprint density at radius 2 is 1.90 bits per heavy atom. The van der Waals surface area contributed by atoms with Crippen LogP contribution in [0.15, 0.2) is 29.2 Å². The first kappa shape index (κ1) is 16.2. The fourth-order valence-electron chi connectivity index (χ4n) is 1.77. The predicted molar refractivity (Wildman–Crippen MR) is 72.9 cm³/mol. The van der Waals surface area contributed by atoms with Crippen LogP contribution in [-0.4, -0.2) is 39.2 Å². The van der Waals surface area contributed by atoms with Crippen molar-refractivity contribution >= 4 is 21.7 Å². The summed E-state index contributed by atoms with van der Waals surface area (Å²) in [6.45, 7) is 2.87. The highest BCUT2D eigenvalue weighted by Crippen LogP contribution is 2.17. The fourth-order valence-corrected chi connectivity index (χ4v) is 3.45. The molecule has 0 radical (unpaired) electrons. The van der Waals surface area contributed by atoms with E-state index in [2.05, 4.69) is 10.1 Å². The second-order valence-corrected chi connectivity index (χ2v) is 6.33. The van der Waals surface area contributed by atoms with E-state index in [1.165, 1.54) is 13.0 Å². The highest BCUT2D eigenvalue weighted by atomic mass is 32.2. The summed E-state index contributed by atoms with van der Waals surface area (Å²) in [4.78, 5) is 22.7. The first-order chi connectivity index (χ1) is 9.27. The number of methoxy groups -OCH3 is 1. The average molecular weight is 299 g/mol. The van der Waals surface area contributed by atoms with Gasteiger partial charge in [0.2, 0.25) is 5.91 Å². The van der Waals surface area contributed by atoms with Crippen molar-refractivity contribution in [3.8, 4) is 0 Å². The van der Waals surface area contributed by atoms with Gasteiger partial charge in [0.05, 0.1) is 17.8 Å². The second-order valence-electron chi connectivity index (χ2n) is 4.32. The van der Waals surface area contributed by atoms with E-state index in [4.69, 9.17) is 0 Å². The molecule has 0 fully saturated rings. The molecule has 20 heavy (non-hydrogen) atoms. The molecule has 1 amide bonds. The van der Waals surface area contributed by atoms with Gasteiger partial charge in [-0.3, -0.25) is 4.79 Å². The molecule has 1 aromatic rings. The number of carbonyl (C=O) groups is 2. The summed E-state index contributed by atoms with van der Waals surface area (Å²) in [5.41, 5.74) is 0.582. The van der Waals surface area contributed by atoms with Crippen LogP contribution in [0.4, 0.5) is 0 Å². The number of sulfone groups is 1. The number of nitrogens with one attached hydrogen (secondary N) is 1. The molecular formula is C13H17NO5S. The summed E-state index contributed by atoms with van der Waals surface area (Å²) in [5.74, 6) is -1.83. The van der Waals surface area contributed by atoms with Crippen LogP contribution in [0.3, 0.4) is 0 Å². The quantitative estimate of drug-likeness (QED) is 0.797. The predicted octanol–water partition coefficient (Wildman–Crippen LogP) is 0.446. The van der Waals surface area contributed by atoms with Gasteiger partial charge in [-0.05, 0) is 18.6 Å². The van der Waals surface area contributed by atoms with Gasteiger partial charge < -0.3 is 10.1 Å². The lowest BCUT2D eigenvalue weighted by atomic mass is 10.2. The average Bonchev–Trinajstić information content (AvgIpc) is 2.36. The zero-order valence-corrected chi connectivity index (χ0v) is 12.4. The molecule has 0 saturated carbocycles.